The molecule has 8 heteroatoms. The van der Waals surface area contributed by atoms with Crippen molar-refractivity contribution >= 4 is 6.21 Å². The molecule has 3 heterocycles. The van der Waals surface area contributed by atoms with Gasteiger partial charge in [0.1, 0.15) is 5.82 Å². The summed E-state index contributed by atoms with van der Waals surface area (Å²) in [5.74, 6) is 1.95. The highest BCUT2D eigenvalue weighted by molar-refractivity contribution is 5.55. The number of allylic oxidation sites excluding steroid dienone is 2. The molecule has 1 saturated carbocycles. The van der Waals surface area contributed by atoms with Crippen molar-refractivity contribution in [1.82, 2.24) is 34.9 Å². The molecule has 8 nitrogen and oxygen atoms in total. The second kappa shape index (κ2) is 12.4. The van der Waals surface area contributed by atoms with Crippen LogP contribution in [0.2, 0.25) is 0 Å². The zero-order valence-electron chi connectivity index (χ0n) is 21.6. The molecule has 1 aliphatic carbocycles. The fourth-order valence-corrected chi connectivity index (χ4v) is 5.57. The predicted molar refractivity (Wildman–Crippen MR) is 144 cm³/mol. The number of hydrogen-bond donors (Lipinski definition) is 0. The van der Waals surface area contributed by atoms with Crippen molar-refractivity contribution in [2.75, 3.05) is 39.3 Å². The van der Waals surface area contributed by atoms with E-state index >= 15 is 0 Å². The van der Waals surface area contributed by atoms with Gasteiger partial charge in [-0.3, -0.25) is 9.80 Å². The Morgan fingerprint density at radius 2 is 1.83 bits per heavy atom. The van der Waals surface area contributed by atoms with Gasteiger partial charge in [-0.05, 0) is 67.6 Å². The lowest BCUT2D eigenvalue weighted by Crippen LogP contribution is -2.42. The number of tetrazole rings is 1. The van der Waals surface area contributed by atoms with E-state index in [-0.39, 0.29) is 6.04 Å². The summed E-state index contributed by atoms with van der Waals surface area (Å²) in [6.45, 7) is 9.20. The summed E-state index contributed by atoms with van der Waals surface area (Å²) in [4.78, 5) is 12.3. The third-order valence-corrected chi connectivity index (χ3v) is 7.78. The van der Waals surface area contributed by atoms with Gasteiger partial charge in [0, 0.05) is 45.0 Å². The van der Waals surface area contributed by atoms with Crippen LogP contribution >= 0.6 is 0 Å². The molecule has 5 rings (SSSR count). The molecule has 1 unspecified atom stereocenters. The molecule has 0 bridgehead atoms. The Labute approximate surface area is 215 Å². The minimum Gasteiger partial charge on any atom is -0.357 e. The molecular weight excluding hydrogens is 448 g/mol. The van der Waals surface area contributed by atoms with Crippen LogP contribution in [-0.4, -0.2) is 86.4 Å². The highest BCUT2D eigenvalue weighted by atomic mass is 15.5. The molecule has 0 radical (unpaired) electrons. The Kier molecular flexibility index (Phi) is 8.56. The fourth-order valence-electron chi connectivity index (χ4n) is 5.57. The summed E-state index contributed by atoms with van der Waals surface area (Å²) >= 11 is 0. The molecule has 0 spiro atoms. The molecule has 3 fully saturated rings. The summed E-state index contributed by atoms with van der Waals surface area (Å²) in [6.07, 6.45) is 16.2. The number of benzene rings is 1. The number of aromatic nitrogens is 4. The highest BCUT2D eigenvalue weighted by Gasteiger charge is 2.30. The fraction of sp³-hybridized carbons (Fsp3) is 0.571. The van der Waals surface area contributed by atoms with Gasteiger partial charge < -0.3 is 4.90 Å². The van der Waals surface area contributed by atoms with Crippen molar-refractivity contribution in [3.8, 4) is 0 Å². The molecule has 2 aliphatic heterocycles. The second-order valence-corrected chi connectivity index (χ2v) is 10.1. The third kappa shape index (κ3) is 6.10. The van der Waals surface area contributed by atoms with E-state index in [1.54, 1.807) is 0 Å². The molecule has 1 atom stereocenters. The summed E-state index contributed by atoms with van der Waals surface area (Å²) in [5, 5.41) is 13.0. The maximum absolute atomic E-state index is 4.66. The van der Waals surface area contributed by atoms with Gasteiger partial charge >= 0.3 is 0 Å². The first-order chi connectivity index (χ1) is 17.8. The number of nitrogens with zero attached hydrogens (tertiary/aromatic N) is 8. The van der Waals surface area contributed by atoms with Gasteiger partial charge in [0.25, 0.3) is 0 Å². The molecule has 0 amide bonds. The van der Waals surface area contributed by atoms with Gasteiger partial charge in [0.05, 0.1) is 12.6 Å². The van der Waals surface area contributed by atoms with Gasteiger partial charge in [-0.15, -0.1) is 5.10 Å². The van der Waals surface area contributed by atoms with Crippen LogP contribution in [0.1, 0.15) is 62.9 Å². The summed E-state index contributed by atoms with van der Waals surface area (Å²) in [6, 6.07) is 11.3. The number of hydrogen-bond acceptors (Lipinski definition) is 7. The minimum atomic E-state index is 0.0201. The molecule has 1 aromatic carbocycles. The number of aliphatic imine (C=N–C) groups is 1. The van der Waals surface area contributed by atoms with E-state index in [1.165, 1.54) is 50.6 Å². The smallest absolute Gasteiger partial charge is 0.172 e. The molecule has 2 saturated heterocycles. The van der Waals surface area contributed by atoms with Gasteiger partial charge in [0.15, 0.2) is 5.82 Å². The lowest BCUT2D eigenvalue weighted by Gasteiger charge is -2.37. The first kappa shape index (κ1) is 24.8. The van der Waals surface area contributed by atoms with Crippen molar-refractivity contribution in [1.29, 1.82) is 0 Å². The molecule has 192 valence electrons. The topological polar surface area (TPSA) is 65.7 Å². The van der Waals surface area contributed by atoms with E-state index in [4.69, 9.17) is 0 Å². The predicted octanol–water partition coefficient (Wildman–Crippen LogP) is 3.91. The SMILES string of the molecule is C/C=N\C(=C/C=CC(c1nnnn1Cc1ccccc1)N1CCCN(C2CCC2)CC1)N1CCCC1. The van der Waals surface area contributed by atoms with Crippen molar-refractivity contribution < 1.29 is 0 Å². The van der Waals surface area contributed by atoms with E-state index in [1.807, 2.05) is 23.9 Å². The van der Waals surface area contributed by atoms with Crippen molar-refractivity contribution in [2.45, 2.75) is 64.1 Å². The average molecular weight is 489 g/mol. The van der Waals surface area contributed by atoms with Crippen LogP contribution in [-0.2, 0) is 6.54 Å². The Bertz CT molecular complexity index is 1030. The van der Waals surface area contributed by atoms with Crippen molar-refractivity contribution in [3.63, 3.8) is 0 Å². The lowest BCUT2D eigenvalue weighted by molar-refractivity contribution is 0.128. The van der Waals surface area contributed by atoms with Gasteiger partial charge in [-0.25, -0.2) is 9.67 Å². The van der Waals surface area contributed by atoms with E-state index < -0.39 is 0 Å². The standard InChI is InChI=1S/C28H40N8/c1-2-29-27(35-17-6-7-18-35)16-9-15-26(34-20-10-19-33(21-22-34)25-13-8-14-25)28-30-31-32-36(28)23-24-11-4-3-5-12-24/h2-5,9,11-12,15-16,25-26H,6-8,10,13-14,17-23H2,1H3/b15-9?,27-16+,29-2-. The van der Waals surface area contributed by atoms with Crippen LogP contribution < -0.4 is 0 Å². The van der Waals surface area contributed by atoms with E-state index in [9.17, 15) is 0 Å². The highest BCUT2D eigenvalue weighted by Crippen LogP contribution is 2.28. The maximum Gasteiger partial charge on any atom is 0.172 e. The van der Waals surface area contributed by atoms with Crippen LogP contribution in [0.5, 0.6) is 0 Å². The van der Waals surface area contributed by atoms with Gasteiger partial charge in [0.2, 0.25) is 0 Å². The molecule has 2 aromatic rings. The maximum atomic E-state index is 4.66. The first-order valence-corrected chi connectivity index (χ1v) is 13.7. The zero-order valence-corrected chi connectivity index (χ0v) is 21.6. The quantitative estimate of drug-likeness (QED) is 0.394. The van der Waals surface area contributed by atoms with Gasteiger partial charge in [-0.2, -0.15) is 0 Å². The van der Waals surface area contributed by atoms with Crippen LogP contribution in [0.4, 0.5) is 0 Å². The molecule has 3 aliphatic rings. The summed E-state index contributed by atoms with van der Waals surface area (Å²) < 4.78 is 1.97. The second-order valence-electron chi connectivity index (χ2n) is 10.1. The van der Waals surface area contributed by atoms with E-state index in [2.05, 4.69) is 77.7 Å². The minimum absolute atomic E-state index is 0.0201. The molecule has 36 heavy (non-hydrogen) atoms. The summed E-state index contributed by atoms with van der Waals surface area (Å²) in [7, 11) is 0. The Hall–Kier alpha value is -2.84. The monoisotopic (exact) mass is 488 g/mol. The number of rotatable bonds is 9. The van der Waals surface area contributed by atoms with Crippen LogP contribution in [0.3, 0.4) is 0 Å². The summed E-state index contributed by atoms with van der Waals surface area (Å²) in [5.41, 5.74) is 1.20. The third-order valence-electron chi connectivity index (χ3n) is 7.78. The van der Waals surface area contributed by atoms with Crippen LogP contribution in [0.25, 0.3) is 0 Å². The van der Waals surface area contributed by atoms with Crippen molar-refractivity contribution in [3.05, 3.63) is 65.8 Å². The Morgan fingerprint density at radius 3 is 2.58 bits per heavy atom. The molecular formula is C28H40N8. The number of likely N-dealkylation sites (tertiary alicyclic amines) is 1. The Morgan fingerprint density at radius 1 is 1.00 bits per heavy atom. The van der Waals surface area contributed by atoms with E-state index in [0.717, 1.165) is 50.4 Å². The average Bonchev–Trinajstić information content (AvgIpc) is 3.50. The van der Waals surface area contributed by atoms with Gasteiger partial charge in [-0.1, -0.05) is 48.9 Å². The Balaban J connectivity index is 1.39. The molecule has 0 N–H and O–H groups in total. The van der Waals surface area contributed by atoms with Crippen LogP contribution in [0, 0.1) is 0 Å². The lowest BCUT2D eigenvalue weighted by atomic mass is 9.91. The first-order valence-electron chi connectivity index (χ1n) is 13.7. The normalized spacial score (nSPS) is 21.9. The molecule has 1 aromatic heterocycles. The van der Waals surface area contributed by atoms with Crippen molar-refractivity contribution in [2.24, 2.45) is 4.99 Å². The van der Waals surface area contributed by atoms with Crippen LogP contribution in [0.15, 0.2) is 59.4 Å². The zero-order chi connectivity index (χ0) is 24.6. The largest absolute Gasteiger partial charge is 0.357 e. The van der Waals surface area contributed by atoms with E-state index in [0.29, 0.717) is 6.54 Å².